The van der Waals surface area contributed by atoms with E-state index in [2.05, 4.69) is 16.0 Å². The van der Waals surface area contributed by atoms with Crippen molar-refractivity contribution in [3.05, 3.63) is 24.3 Å². The van der Waals surface area contributed by atoms with Crippen molar-refractivity contribution in [2.24, 2.45) is 0 Å². The van der Waals surface area contributed by atoms with E-state index in [1.165, 1.54) is 19.3 Å². The van der Waals surface area contributed by atoms with Gasteiger partial charge in [0.15, 0.2) is 0 Å². The maximum absolute atomic E-state index is 11.7. The van der Waals surface area contributed by atoms with Crippen LogP contribution in [0, 0.1) is 0 Å². The first kappa shape index (κ1) is 16.6. The molecule has 1 heterocycles. The average molecular weight is 305 g/mol. The van der Waals surface area contributed by atoms with Gasteiger partial charge >= 0.3 is 6.09 Å². The Labute approximate surface area is 132 Å². The van der Waals surface area contributed by atoms with Gasteiger partial charge in [-0.3, -0.25) is 5.32 Å². The largest absolute Gasteiger partial charge is 0.444 e. The molecule has 1 atom stereocenters. The number of anilines is 2. The van der Waals surface area contributed by atoms with Crippen molar-refractivity contribution in [3.8, 4) is 0 Å². The lowest BCUT2D eigenvalue weighted by molar-refractivity contribution is 0.0636. The summed E-state index contributed by atoms with van der Waals surface area (Å²) >= 11 is 0. The van der Waals surface area contributed by atoms with Gasteiger partial charge in [-0.15, -0.1) is 0 Å². The van der Waals surface area contributed by atoms with E-state index in [-0.39, 0.29) is 0 Å². The highest BCUT2D eigenvalue weighted by molar-refractivity contribution is 5.85. The third-order valence-electron chi connectivity index (χ3n) is 3.50. The number of ether oxygens (including phenoxy) is 1. The Kier molecular flexibility index (Phi) is 5.66. The first-order chi connectivity index (χ1) is 10.4. The summed E-state index contributed by atoms with van der Waals surface area (Å²) in [7, 11) is 0. The van der Waals surface area contributed by atoms with Crippen LogP contribution in [-0.2, 0) is 4.74 Å². The molecule has 2 rings (SSSR count). The molecule has 0 aliphatic carbocycles. The minimum absolute atomic E-state index is 0.431. The minimum atomic E-state index is -0.488. The Hall–Kier alpha value is -1.75. The van der Waals surface area contributed by atoms with Gasteiger partial charge < -0.3 is 15.4 Å². The van der Waals surface area contributed by atoms with E-state index in [9.17, 15) is 4.79 Å². The topological polar surface area (TPSA) is 62.4 Å². The van der Waals surface area contributed by atoms with Crippen LogP contribution in [-0.4, -0.2) is 30.8 Å². The molecule has 1 unspecified atom stereocenters. The van der Waals surface area contributed by atoms with Crippen molar-refractivity contribution in [1.82, 2.24) is 5.32 Å². The van der Waals surface area contributed by atoms with Crippen LogP contribution < -0.4 is 16.0 Å². The number of carbonyl (C=O) groups is 1. The van der Waals surface area contributed by atoms with E-state index in [1.807, 2.05) is 45.0 Å². The van der Waals surface area contributed by atoms with Gasteiger partial charge in [0.2, 0.25) is 0 Å². The highest BCUT2D eigenvalue weighted by Crippen LogP contribution is 2.16. The van der Waals surface area contributed by atoms with E-state index < -0.39 is 11.7 Å². The van der Waals surface area contributed by atoms with Crippen molar-refractivity contribution in [2.45, 2.75) is 51.7 Å². The summed E-state index contributed by atoms with van der Waals surface area (Å²) in [6.45, 7) is 7.58. The van der Waals surface area contributed by atoms with Gasteiger partial charge in [-0.1, -0.05) is 6.42 Å². The van der Waals surface area contributed by atoms with Crippen molar-refractivity contribution < 1.29 is 9.53 Å². The lowest BCUT2D eigenvalue weighted by atomic mass is 10.1. The molecule has 0 spiro atoms. The summed E-state index contributed by atoms with van der Waals surface area (Å²) in [5, 5.41) is 9.67. The van der Waals surface area contributed by atoms with Crippen LogP contribution in [0.25, 0.3) is 0 Å². The number of hydrogen-bond acceptors (Lipinski definition) is 4. The predicted molar refractivity (Wildman–Crippen MR) is 90.4 cm³/mol. The highest BCUT2D eigenvalue weighted by Gasteiger charge is 2.16. The van der Waals surface area contributed by atoms with Crippen LogP contribution in [0.4, 0.5) is 16.2 Å². The van der Waals surface area contributed by atoms with Crippen LogP contribution in [0.2, 0.25) is 0 Å². The van der Waals surface area contributed by atoms with E-state index in [1.54, 1.807) is 0 Å². The van der Waals surface area contributed by atoms with Crippen LogP contribution in [0.15, 0.2) is 24.3 Å². The number of nitrogens with one attached hydrogen (secondary N) is 3. The molecular formula is C17H27N3O2. The molecule has 0 bridgehead atoms. The summed E-state index contributed by atoms with van der Waals surface area (Å²) in [5.74, 6) is 0. The number of carbonyl (C=O) groups excluding carboxylic acids is 1. The molecule has 22 heavy (non-hydrogen) atoms. The number of rotatable bonds is 4. The van der Waals surface area contributed by atoms with Crippen molar-refractivity contribution in [3.63, 3.8) is 0 Å². The molecule has 1 amide bonds. The molecule has 0 aromatic heterocycles. The third kappa shape index (κ3) is 5.93. The fraction of sp³-hybridized carbons (Fsp3) is 0.588. The molecule has 1 saturated heterocycles. The van der Waals surface area contributed by atoms with Gasteiger partial charge in [-0.25, -0.2) is 4.79 Å². The van der Waals surface area contributed by atoms with Crippen molar-refractivity contribution >= 4 is 17.5 Å². The number of benzene rings is 1. The lowest BCUT2D eigenvalue weighted by Gasteiger charge is -2.24. The average Bonchev–Trinajstić information content (AvgIpc) is 2.45. The van der Waals surface area contributed by atoms with Crippen LogP contribution in [0.3, 0.4) is 0 Å². The fourth-order valence-electron chi connectivity index (χ4n) is 2.43. The van der Waals surface area contributed by atoms with E-state index in [0.717, 1.165) is 24.5 Å². The maximum atomic E-state index is 11.7. The maximum Gasteiger partial charge on any atom is 0.412 e. The summed E-state index contributed by atoms with van der Waals surface area (Å²) < 4.78 is 5.22. The van der Waals surface area contributed by atoms with Crippen LogP contribution >= 0.6 is 0 Å². The normalized spacial score (nSPS) is 18.6. The Morgan fingerprint density at radius 1 is 1.23 bits per heavy atom. The van der Waals surface area contributed by atoms with Crippen molar-refractivity contribution in [1.29, 1.82) is 0 Å². The van der Waals surface area contributed by atoms with E-state index in [0.29, 0.717) is 6.04 Å². The zero-order chi connectivity index (χ0) is 16.0. The molecule has 0 saturated carbocycles. The first-order valence-corrected chi connectivity index (χ1v) is 8.00. The van der Waals surface area contributed by atoms with Gasteiger partial charge in [-0.2, -0.15) is 0 Å². The van der Waals surface area contributed by atoms with Crippen LogP contribution in [0.5, 0.6) is 0 Å². The second-order valence-corrected chi connectivity index (χ2v) is 6.73. The highest BCUT2D eigenvalue weighted by atomic mass is 16.6. The Morgan fingerprint density at radius 3 is 2.50 bits per heavy atom. The van der Waals surface area contributed by atoms with E-state index >= 15 is 0 Å². The molecule has 1 aliphatic heterocycles. The van der Waals surface area contributed by atoms with Crippen molar-refractivity contribution in [2.75, 3.05) is 23.7 Å². The quantitative estimate of drug-likeness (QED) is 0.795. The molecule has 5 nitrogen and oxygen atoms in total. The summed E-state index contributed by atoms with van der Waals surface area (Å²) in [6.07, 6.45) is 3.38. The monoisotopic (exact) mass is 305 g/mol. The number of piperidine rings is 1. The standard InChI is InChI=1S/C17H27N3O2/c1-17(2,3)22-16(21)20-14-9-7-13(8-10-14)19-12-15-6-4-5-11-18-15/h7-10,15,18-19H,4-6,11-12H2,1-3H3,(H,20,21). The second-order valence-electron chi connectivity index (χ2n) is 6.73. The van der Waals surface area contributed by atoms with Crippen LogP contribution in [0.1, 0.15) is 40.0 Å². The Bertz CT molecular complexity index is 474. The van der Waals surface area contributed by atoms with Gasteiger partial charge in [0.25, 0.3) is 0 Å². The molecule has 0 radical (unpaired) electrons. The van der Waals surface area contributed by atoms with E-state index in [4.69, 9.17) is 4.74 Å². The lowest BCUT2D eigenvalue weighted by Crippen LogP contribution is -2.39. The second kappa shape index (κ2) is 7.49. The number of amides is 1. The third-order valence-corrected chi connectivity index (χ3v) is 3.50. The molecule has 1 aromatic rings. The zero-order valence-corrected chi connectivity index (χ0v) is 13.7. The minimum Gasteiger partial charge on any atom is -0.444 e. The smallest absolute Gasteiger partial charge is 0.412 e. The first-order valence-electron chi connectivity index (χ1n) is 8.00. The molecule has 5 heteroatoms. The summed E-state index contributed by atoms with van der Waals surface area (Å²) in [4.78, 5) is 11.7. The van der Waals surface area contributed by atoms with Gasteiger partial charge in [-0.05, 0) is 64.4 Å². The molecule has 1 aromatic carbocycles. The molecule has 1 aliphatic rings. The number of hydrogen-bond donors (Lipinski definition) is 3. The van der Waals surface area contributed by atoms with Gasteiger partial charge in [0.1, 0.15) is 5.60 Å². The molecular weight excluding hydrogens is 278 g/mol. The molecule has 3 N–H and O–H groups in total. The molecule has 122 valence electrons. The molecule has 1 fully saturated rings. The predicted octanol–water partition coefficient (Wildman–Crippen LogP) is 3.59. The summed E-state index contributed by atoms with van der Waals surface area (Å²) in [6, 6.07) is 8.24. The Morgan fingerprint density at radius 2 is 1.91 bits per heavy atom. The summed E-state index contributed by atoms with van der Waals surface area (Å²) in [5.41, 5.74) is 1.30. The van der Waals surface area contributed by atoms with Gasteiger partial charge in [0.05, 0.1) is 0 Å². The van der Waals surface area contributed by atoms with Gasteiger partial charge in [0, 0.05) is 24.0 Å². The SMILES string of the molecule is CC(C)(C)OC(=O)Nc1ccc(NCC2CCCCN2)cc1. The Balaban J connectivity index is 1.78. The zero-order valence-electron chi connectivity index (χ0n) is 13.7. The fourth-order valence-corrected chi connectivity index (χ4v) is 2.43.